The van der Waals surface area contributed by atoms with Crippen LogP contribution < -0.4 is 4.52 Å². The molecule has 0 radical (unpaired) electrons. The van der Waals surface area contributed by atoms with Gasteiger partial charge in [-0.3, -0.25) is 9.79 Å². The van der Waals surface area contributed by atoms with Crippen LogP contribution in [0.5, 0.6) is 5.75 Å². The lowest BCUT2D eigenvalue weighted by atomic mass is 9.95. The Bertz CT molecular complexity index is 871. The molecule has 0 unspecified atom stereocenters. The van der Waals surface area contributed by atoms with Crippen molar-refractivity contribution in [2.24, 2.45) is 0 Å². The second kappa shape index (κ2) is 7.02. The van der Waals surface area contributed by atoms with Crippen molar-refractivity contribution in [3.63, 3.8) is 0 Å². The number of phosphoric acid groups is 1. The maximum Gasteiger partial charge on any atom is 0.524 e. The highest BCUT2D eigenvalue weighted by Crippen LogP contribution is 2.40. The molecule has 0 aromatic heterocycles. The SMILES string of the molecule is O=P(O)(O)Oc1ccccc1Cc1ccccc1-c1ccccc1. The van der Waals surface area contributed by atoms with Crippen LogP contribution in [0.2, 0.25) is 0 Å². The third-order valence-electron chi connectivity index (χ3n) is 3.67. The summed E-state index contributed by atoms with van der Waals surface area (Å²) in [6.07, 6.45) is 0.515. The van der Waals surface area contributed by atoms with Gasteiger partial charge in [-0.15, -0.1) is 0 Å². The van der Waals surface area contributed by atoms with Gasteiger partial charge < -0.3 is 4.52 Å². The molecule has 3 aromatic rings. The molecule has 0 aliphatic carbocycles. The molecule has 0 spiro atoms. The monoisotopic (exact) mass is 340 g/mol. The summed E-state index contributed by atoms with van der Waals surface area (Å²) in [7, 11) is -4.59. The second-order valence-corrected chi connectivity index (χ2v) is 6.55. The van der Waals surface area contributed by atoms with Gasteiger partial charge in [0, 0.05) is 6.42 Å². The lowest BCUT2D eigenvalue weighted by Crippen LogP contribution is -1.97. The van der Waals surface area contributed by atoms with Crippen LogP contribution in [0.25, 0.3) is 11.1 Å². The van der Waals surface area contributed by atoms with Crippen molar-refractivity contribution in [2.75, 3.05) is 0 Å². The summed E-state index contributed by atoms with van der Waals surface area (Å²) >= 11 is 0. The Balaban J connectivity index is 1.98. The summed E-state index contributed by atoms with van der Waals surface area (Å²) in [5.41, 5.74) is 3.97. The number of hydrogen-bond acceptors (Lipinski definition) is 2. The van der Waals surface area contributed by atoms with Gasteiger partial charge in [0.05, 0.1) is 0 Å². The van der Waals surface area contributed by atoms with Crippen molar-refractivity contribution >= 4 is 7.82 Å². The molecule has 0 bridgehead atoms. The van der Waals surface area contributed by atoms with E-state index in [4.69, 9.17) is 14.3 Å². The maximum atomic E-state index is 11.2. The lowest BCUT2D eigenvalue weighted by Gasteiger charge is -2.14. The predicted octanol–water partition coefficient (Wildman–Crippen LogP) is 4.42. The predicted molar refractivity (Wildman–Crippen MR) is 93.8 cm³/mol. The zero-order valence-corrected chi connectivity index (χ0v) is 13.8. The Morgan fingerprint density at radius 2 is 1.33 bits per heavy atom. The molecule has 0 saturated carbocycles. The minimum Gasteiger partial charge on any atom is -0.404 e. The molecular weight excluding hydrogens is 323 g/mol. The number of benzene rings is 3. The Morgan fingerprint density at radius 1 is 0.750 bits per heavy atom. The summed E-state index contributed by atoms with van der Waals surface area (Å²) in [5, 5.41) is 0. The van der Waals surface area contributed by atoms with Gasteiger partial charge in [0.25, 0.3) is 0 Å². The minimum atomic E-state index is -4.59. The highest BCUT2D eigenvalue weighted by molar-refractivity contribution is 7.46. The molecule has 24 heavy (non-hydrogen) atoms. The van der Waals surface area contributed by atoms with Crippen LogP contribution in [0.1, 0.15) is 11.1 Å². The van der Waals surface area contributed by atoms with Crippen LogP contribution in [0.15, 0.2) is 78.9 Å². The van der Waals surface area contributed by atoms with E-state index in [1.165, 1.54) is 0 Å². The fourth-order valence-electron chi connectivity index (χ4n) is 2.65. The van der Waals surface area contributed by atoms with Gasteiger partial charge in [0.15, 0.2) is 0 Å². The standard InChI is InChI=1S/C19H17O4P/c20-24(21,22)23-19-13-7-5-11-17(19)14-16-10-4-6-12-18(16)15-8-2-1-3-9-15/h1-13H,14H2,(H2,20,21,22). The van der Waals surface area contributed by atoms with Gasteiger partial charge in [-0.05, 0) is 28.3 Å². The van der Waals surface area contributed by atoms with Crippen LogP contribution in [-0.2, 0) is 11.0 Å². The van der Waals surface area contributed by atoms with E-state index in [2.05, 4.69) is 0 Å². The van der Waals surface area contributed by atoms with E-state index in [1.54, 1.807) is 12.1 Å². The highest BCUT2D eigenvalue weighted by atomic mass is 31.2. The molecule has 122 valence electrons. The molecule has 4 nitrogen and oxygen atoms in total. The average molecular weight is 340 g/mol. The van der Waals surface area contributed by atoms with E-state index in [0.29, 0.717) is 6.42 Å². The van der Waals surface area contributed by atoms with E-state index in [-0.39, 0.29) is 5.75 Å². The number of phosphoric ester groups is 1. The maximum absolute atomic E-state index is 11.2. The van der Waals surface area contributed by atoms with Crippen LogP contribution in [0.4, 0.5) is 0 Å². The van der Waals surface area contributed by atoms with E-state index < -0.39 is 7.82 Å². The van der Waals surface area contributed by atoms with E-state index >= 15 is 0 Å². The Kier molecular flexibility index (Phi) is 4.81. The molecule has 0 fully saturated rings. The first-order valence-electron chi connectivity index (χ1n) is 7.49. The van der Waals surface area contributed by atoms with Crippen molar-refractivity contribution in [3.05, 3.63) is 90.0 Å². The summed E-state index contributed by atoms with van der Waals surface area (Å²) < 4.78 is 16.0. The lowest BCUT2D eigenvalue weighted by molar-refractivity contribution is 0.282. The quantitative estimate of drug-likeness (QED) is 0.675. The Labute approximate surface area is 140 Å². The topological polar surface area (TPSA) is 66.8 Å². The fraction of sp³-hybridized carbons (Fsp3) is 0.0526. The molecule has 3 rings (SSSR count). The summed E-state index contributed by atoms with van der Waals surface area (Å²) in [6.45, 7) is 0. The molecule has 0 heterocycles. The van der Waals surface area contributed by atoms with Gasteiger partial charge in [-0.2, -0.15) is 0 Å². The molecule has 0 aliphatic rings. The molecule has 2 N–H and O–H groups in total. The second-order valence-electron chi connectivity index (χ2n) is 5.39. The first kappa shape index (κ1) is 16.5. The van der Waals surface area contributed by atoms with Crippen molar-refractivity contribution in [1.29, 1.82) is 0 Å². The van der Waals surface area contributed by atoms with Gasteiger partial charge in [-0.1, -0.05) is 72.8 Å². The molecule has 3 aromatic carbocycles. The van der Waals surface area contributed by atoms with Crippen molar-refractivity contribution in [2.45, 2.75) is 6.42 Å². The largest absolute Gasteiger partial charge is 0.524 e. The zero-order chi connectivity index (χ0) is 17.0. The zero-order valence-electron chi connectivity index (χ0n) is 12.9. The number of rotatable bonds is 5. The Morgan fingerprint density at radius 3 is 2.04 bits per heavy atom. The van der Waals surface area contributed by atoms with Crippen molar-refractivity contribution in [3.8, 4) is 16.9 Å². The molecule has 0 aliphatic heterocycles. The van der Waals surface area contributed by atoms with E-state index in [9.17, 15) is 4.57 Å². The number of hydrogen-bond donors (Lipinski definition) is 2. The van der Waals surface area contributed by atoms with Crippen LogP contribution in [0, 0.1) is 0 Å². The highest BCUT2D eigenvalue weighted by Gasteiger charge is 2.18. The molecule has 0 saturated heterocycles. The third kappa shape index (κ3) is 4.12. The van der Waals surface area contributed by atoms with E-state index in [0.717, 1.165) is 22.3 Å². The van der Waals surface area contributed by atoms with Gasteiger partial charge >= 0.3 is 7.82 Å². The van der Waals surface area contributed by atoms with Crippen molar-refractivity contribution < 1.29 is 18.9 Å². The van der Waals surface area contributed by atoms with Gasteiger partial charge in [0.2, 0.25) is 0 Å². The molecule has 0 atom stereocenters. The smallest absolute Gasteiger partial charge is 0.404 e. The van der Waals surface area contributed by atoms with E-state index in [1.807, 2.05) is 66.7 Å². The summed E-state index contributed by atoms with van der Waals surface area (Å²) in [5.74, 6) is 0.202. The Hall–Kier alpha value is -2.39. The van der Waals surface area contributed by atoms with Crippen LogP contribution in [-0.4, -0.2) is 9.79 Å². The normalized spacial score (nSPS) is 11.2. The average Bonchev–Trinajstić information content (AvgIpc) is 2.57. The van der Waals surface area contributed by atoms with Crippen LogP contribution in [0.3, 0.4) is 0 Å². The number of para-hydroxylation sites is 1. The minimum absolute atomic E-state index is 0.202. The van der Waals surface area contributed by atoms with Gasteiger partial charge in [-0.25, -0.2) is 4.57 Å². The summed E-state index contributed by atoms with van der Waals surface area (Å²) in [6, 6.07) is 24.9. The molecule has 5 heteroatoms. The first-order valence-corrected chi connectivity index (χ1v) is 9.02. The third-order valence-corrected chi connectivity index (χ3v) is 4.11. The summed E-state index contributed by atoms with van der Waals surface area (Å²) in [4.78, 5) is 18.2. The fourth-order valence-corrected chi connectivity index (χ4v) is 3.08. The molecular formula is C19H17O4P. The molecule has 0 amide bonds. The van der Waals surface area contributed by atoms with Crippen LogP contribution >= 0.6 is 7.82 Å². The van der Waals surface area contributed by atoms with Crippen molar-refractivity contribution in [1.82, 2.24) is 0 Å². The first-order chi connectivity index (χ1) is 11.5. The van der Waals surface area contributed by atoms with Gasteiger partial charge in [0.1, 0.15) is 5.75 Å².